The van der Waals surface area contributed by atoms with Gasteiger partial charge in [0.15, 0.2) is 6.73 Å². The fraction of sp³-hybridized carbons (Fsp3) is 0.545. The van der Waals surface area contributed by atoms with Crippen molar-refractivity contribution < 1.29 is 9.53 Å². The molecule has 0 fully saturated rings. The molecule has 0 saturated heterocycles. The predicted molar refractivity (Wildman–Crippen MR) is 55.4 cm³/mol. The second-order valence-corrected chi connectivity index (χ2v) is 4.27. The highest BCUT2D eigenvalue weighted by atomic mass is 16.5. The Balaban J connectivity index is 2.46. The molecule has 1 aliphatic rings. The summed E-state index contributed by atoms with van der Waals surface area (Å²) in [6.45, 7) is 10.9. The van der Waals surface area contributed by atoms with Gasteiger partial charge in [-0.2, -0.15) is 0 Å². The third-order valence-electron chi connectivity index (χ3n) is 2.23. The van der Waals surface area contributed by atoms with Crippen LogP contribution in [-0.4, -0.2) is 24.1 Å². The number of esters is 1. The van der Waals surface area contributed by atoms with Crippen molar-refractivity contribution in [2.24, 2.45) is 5.41 Å². The van der Waals surface area contributed by atoms with Gasteiger partial charge in [-0.25, -0.2) is 4.79 Å². The van der Waals surface area contributed by atoms with Crippen molar-refractivity contribution >= 4 is 5.97 Å². The Morgan fingerprint density at radius 1 is 1.79 bits per heavy atom. The smallest absolute Gasteiger partial charge is 0.331 e. The van der Waals surface area contributed by atoms with E-state index in [0.29, 0.717) is 6.73 Å². The summed E-state index contributed by atoms with van der Waals surface area (Å²) < 4.78 is 4.97. The minimum atomic E-state index is -0.373. The van der Waals surface area contributed by atoms with Crippen LogP contribution in [0.2, 0.25) is 0 Å². The van der Waals surface area contributed by atoms with Gasteiger partial charge in [-0.3, -0.25) is 0 Å². The molecule has 1 rings (SSSR count). The lowest BCUT2D eigenvalue weighted by molar-refractivity contribution is -0.141. The maximum Gasteiger partial charge on any atom is 0.331 e. The highest BCUT2D eigenvalue weighted by molar-refractivity contribution is 5.81. The molecule has 0 unspecified atom stereocenters. The predicted octanol–water partition coefficient (Wildman–Crippen LogP) is 1.92. The minimum absolute atomic E-state index is 0.171. The van der Waals surface area contributed by atoms with Gasteiger partial charge in [-0.05, 0) is 6.92 Å². The van der Waals surface area contributed by atoms with Crippen LogP contribution >= 0.6 is 0 Å². The number of rotatable bonds is 3. The number of ether oxygens (including phenoxy) is 1. The standard InChI is InChI=1S/C11H17NO2/c1-5-10(13)14-8-12-7-11(3,4)6-9(12)2/h5-6H,1,7-8H2,2-4H3. The minimum Gasteiger partial charge on any atom is -0.441 e. The highest BCUT2D eigenvalue weighted by Crippen LogP contribution is 2.29. The molecule has 0 aliphatic carbocycles. The first kappa shape index (κ1) is 10.8. The van der Waals surface area contributed by atoms with Crippen LogP contribution in [0.25, 0.3) is 0 Å². The van der Waals surface area contributed by atoms with Crippen molar-refractivity contribution in [1.82, 2.24) is 4.90 Å². The second kappa shape index (κ2) is 3.86. The van der Waals surface area contributed by atoms with Gasteiger partial charge in [-0.1, -0.05) is 26.5 Å². The van der Waals surface area contributed by atoms with Crippen LogP contribution in [0.1, 0.15) is 20.8 Å². The van der Waals surface area contributed by atoms with Crippen molar-refractivity contribution in [2.75, 3.05) is 13.3 Å². The number of nitrogens with zero attached hydrogens (tertiary/aromatic N) is 1. The van der Waals surface area contributed by atoms with Crippen molar-refractivity contribution in [3.8, 4) is 0 Å². The summed E-state index contributed by atoms with van der Waals surface area (Å²) in [6, 6.07) is 0. The molecule has 1 heterocycles. The Morgan fingerprint density at radius 2 is 2.43 bits per heavy atom. The molecule has 3 nitrogen and oxygen atoms in total. The maximum atomic E-state index is 10.9. The monoisotopic (exact) mass is 195 g/mol. The lowest BCUT2D eigenvalue weighted by Gasteiger charge is -2.23. The summed E-state index contributed by atoms with van der Waals surface area (Å²) in [5.74, 6) is -0.373. The molecule has 3 heteroatoms. The third-order valence-corrected chi connectivity index (χ3v) is 2.23. The summed E-state index contributed by atoms with van der Waals surface area (Å²) in [6.07, 6.45) is 3.37. The van der Waals surface area contributed by atoms with Gasteiger partial charge in [0.25, 0.3) is 0 Å². The van der Waals surface area contributed by atoms with Crippen LogP contribution in [-0.2, 0) is 9.53 Å². The van der Waals surface area contributed by atoms with Gasteiger partial charge in [-0.15, -0.1) is 0 Å². The summed E-state index contributed by atoms with van der Waals surface area (Å²) >= 11 is 0. The van der Waals surface area contributed by atoms with Gasteiger partial charge in [0.05, 0.1) is 0 Å². The Kier molecular flexibility index (Phi) is 2.99. The molecular formula is C11H17NO2. The lowest BCUT2D eigenvalue weighted by Crippen LogP contribution is -2.28. The SMILES string of the molecule is C=CC(=O)OCN1CC(C)(C)C=C1C. The molecule has 0 bridgehead atoms. The quantitative estimate of drug-likeness (QED) is 0.509. The first-order chi connectivity index (χ1) is 6.44. The van der Waals surface area contributed by atoms with Crippen LogP contribution < -0.4 is 0 Å². The number of carbonyl (C=O) groups is 1. The lowest BCUT2D eigenvalue weighted by atomic mass is 9.96. The summed E-state index contributed by atoms with van der Waals surface area (Å²) in [7, 11) is 0. The molecule has 0 aromatic heterocycles. The molecule has 0 amide bonds. The first-order valence-electron chi connectivity index (χ1n) is 4.68. The van der Waals surface area contributed by atoms with Gasteiger partial charge < -0.3 is 9.64 Å². The van der Waals surface area contributed by atoms with E-state index in [1.807, 2.05) is 11.8 Å². The van der Waals surface area contributed by atoms with E-state index in [0.717, 1.165) is 12.2 Å². The zero-order valence-electron chi connectivity index (χ0n) is 9.04. The first-order valence-corrected chi connectivity index (χ1v) is 4.68. The van der Waals surface area contributed by atoms with E-state index in [1.165, 1.54) is 6.08 Å². The van der Waals surface area contributed by atoms with E-state index in [9.17, 15) is 4.79 Å². The maximum absolute atomic E-state index is 10.9. The summed E-state index contributed by atoms with van der Waals surface area (Å²) in [4.78, 5) is 12.9. The number of carbonyl (C=O) groups excluding carboxylic acids is 1. The molecule has 14 heavy (non-hydrogen) atoms. The fourth-order valence-electron chi connectivity index (χ4n) is 1.67. The van der Waals surface area contributed by atoms with E-state index >= 15 is 0 Å². The van der Waals surface area contributed by atoms with Crippen molar-refractivity contribution in [1.29, 1.82) is 0 Å². The Hall–Kier alpha value is -1.25. The number of hydrogen-bond acceptors (Lipinski definition) is 3. The molecule has 1 aliphatic heterocycles. The van der Waals surface area contributed by atoms with Crippen LogP contribution in [0.3, 0.4) is 0 Å². The summed E-state index contributed by atoms with van der Waals surface area (Å²) in [5.41, 5.74) is 1.33. The molecule has 0 radical (unpaired) electrons. The van der Waals surface area contributed by atoms with E-state index in [1.54, 1.807) is 0 Å². The van der Waals surface area contributed by atoms with Crippen molar-refractivity contribution in [3.05, 3.63) is 24.4 Å². The molecule has 0 spiro atoms. The zero-order valence-corrected chi connectivity index (χ0v) is 9.04. The summed E-state index contributed by atoms with van der Waals surface area (Å²) in [5, 5.41) is 0. The van der Waals surface area contributed by atoms with E-state index in [2.05, 4.69) is 26.5 Å². The fourth-order valence-corrected chi connectivity index (χ4v) is 1.67. The molecular weight excluding hydrogens is 178 g/mol. The van der Waals surface area contributed by atoms with E-state index < -0.39 is 0 Å². The van der Waals surface area contributed by atoms with Crippen LogP contribution in [0.4, 0.5) is 0 Å². The third kappa shape index (κ3) is 2.62. The van der Waals surface area contributed by atoms with E-state index in [-0.39, 0.29) is 11.4 Å². The molecule has 0 N–H and O–H groups in total. The number of allylic oxidation sites excluding steroid dienone is 1. The molecule has 0 aromatic carbocycles. The van der Waals surface area contributed by atoms with Gasteiger partial charge in [0.1, 0.15) is 0 Å². The highest BCUT2D eigenvalue weighted by Gasteiger charge is 2.27. The Labute approximate surface area is 85.0 Å². The van der Waals surface area contributed by atoms with Crippen molar-refractivity contribution in [3.63, 3.8) is 0 Å². The van der Waals surface area contributed by atoms with Crippen LogP contribution in [0, 0.1) is 5.41 Å². The largest absolute Gasteiger partial charge is 0.441 e. The van der Waals surface area contributed by atoms with Crippen molar-refractivity contribution in [2.45, 2.75) is 20.8 Å². The van der Waals surface area contributed by atoms with Crippen LogP contribution in [0.15, 0.2) is 24.4 Å². The topological polar surface area (TPSA) is 29.5 Å². The Bertz CT molecular complexity index is 279. The zero-order chi connectivity index (χ0) is 10.8. The average molecular weight is 195 g/mol. The average Bonchev–Trinajstić information content (AvgIpc) is 2.35. The second-order valence-electron chi connectivity index (χ2n) is 4.27. The molecule has 0 aromatic rings. The van der Waals surface area contributed by atoms with Gasteiger partial charge >= 0.3 is 5.97 Å². The normalized spacial score (nSPS) is 19.1. The number of hydrogen-bond donors (Lipinski definition) is 0. The van der Waals surface area contributed by atoms with Crippen LogP contribution in [0.5, 0.6) is 0 Å². The van der Waals surface area contributed by atoms with Gasteiger partial charge in [0.2, 0.25) is 0 Å². The molecule has 0 atom stereocenters. The van der Waals surface area contributed by atoms with E-state index in [4.69, 9.17) is 4.74 Å². The molecule has 78 valence electrons. The Morgan fingerprint density at radius 3 is 2.86 bits per heavy atom. The van der Waals surface area contributed by atoms with Gasteiger partial charge in [0, 0.05) is 23.7 Å². The molecule has 0 saturated carbocycles.